The van der Waals surface area contributed by atoms with Crippen LogP contribution < -0.4 is 25.4 Å². The van der Waals surface area contributed by atoms with Crippen LogP contribution >= 0.6 is 11.8 Å². The number of ether oxygens (including phenoxy) is 2. The van der Waals surface area contributed by atoms with E-state index in [1.54, 1.807) is 67.8 Å². The van der Waals surface area contributed by atoms with Gasteiger partial charge in [-0.2, -0.15) is 0 Å². The number of nitrogens with one attached hydrogen (secondary N) is 3. The van der Waals surface area contributed by atoms with Crippen molar-refractivity contribution in [3.63, 3.8) is 0 Å². The summed E-state index contributed by atoms with van der Waals surface area (Å²) in [4.78, 5) is 40.0. The molecule has 4 aromatic rings. The number of carbonyl (C=O) groups excluding carboxylic acids is 3. The normalized spacial score (nSPS) is 11.7. The molecule has 0 aliphatic carbocycles. The number of carbonyl (C=O) groups is 3. The molecule has 4 aromatic carbocycles. The lowest BCUT2D eigenvalue weighted by Crippen LogP contribution is -2.30. The Morgan fingerprint density at radius 3 is 2.09 bits per heavy atom. The van der Waals surface area contributed by atoms with Crippen molar-refractivity contribution in [3.05, 3.63) is 119 Å². The Labute approximate surface area is 255 Å². The third kappa shape index (κ3) is 8.73. The van der Waals surface area contributed by atoms with Gasteiger partial charge in [0.15, 0.2) is 0 Å². The van der Waals surface area contributed by atoms with E-state index < -0.39 is 11.8 Å². The van der Waals surface area contributed by atoms with Gasteiger partial charge in [-0.3, -0.25) is 14.4 Å². The van der Waals surface area contributed by atoms with E-state index in [1.165, 1.54) is 24.9 Å². The van der Waals surface area contributed by atoms with E-state index in [0.29, 0.717) is 28.3 Å². The lowest BCUT2D eigenvalue weighted by Gasteiger charge is -2.14. The molecule has 1 unspecified atom stereocenters. The summed E-state index contributed by atoms with van der Waals surface area (Å²) in [5, 5.41) is 8.15. The third-order valence-electron chi connectivity index (χ3n) is 6.38. The number of rotatable bonds is 11. The Kier molecular flexibility index (Phi) is 10.6. The highest BCUT2D eigenvalue weighted by Gasteiger charge is 2.18. The first-order valence-electron chi connectivity index (χ1n) is 13.5. The van der Waals surface area contributed by atoms with Crippen molar-refractivity contribution in [2.45, 2.75) is 24.0 Å². The molecule has 0 radical (unpaired) electrons. The number of amides is 3. The number of hydrogen-bond acceptors (Lipinski definition) is 6. The van der Waals surface area contributed by atoms with Crippen molar-refractivity contribution in [3.8, 4) is 11.5 Å². The molecule has 9 heteroatoms. The summed E-state index contributed by atoms with van der Waals surface area (Å²) in [6.07, 6.45) is 1.54. The lowest BCUT2D eigenvalue weighted by molar-refractivity contribution is -0.115. The molecule has 4 rings (SSSR count). The van der Waals surface area contributed by atoms with E-state index in [9.17, 15) is 14.4 Å². The van der Waals surface area contributed by atoms with Gasteiger partial charge in [-0.25, -0.2) is 0 Å². The van der Waals surface area contributed by atoms with Crippen LogP contribution in [0.4, 0.5) is 11.4 Å². The Morgan fingerprint density at radius 2 is 1.44 bits per heavy atom. The number of aryl methyl sites for hydroxylation is 1. The molecule has 0 bridgehead atoms. The monoisotopic (exact) mass is 595 g/mol. The predicted octanol–water partition coefficient (Wildman–Crippen LogP) is 6.54. The van der Waals surface area contributed by atoms with Crippen LogP contribution in [0.3, 0.4) is 0 Å². The van der Waals surface area contributed by atoms with Crippen LogP contribution in [-0.2, 0) is 9.59 Å². The topological polar surface area (TPSA) is 106 Å². The van der Waals surface area contributed by atoms with Crippen LogP contribution in [0.2, 0.25) is 0 Å². The molecule has 0 aliphatic heterocycles. The Hall–Kier alpha value is -5.02. The van der Waals surface area contributed by atoms with E-state index in [4.69, 9.17) is 9.47 Å². The van der Waals surface area contributed by atoms with Crippen LogP contribution in [0.15, 0.2) is 108 Å². The molecule has 0 saturated heterocycles. The maximum Gasteiger partial charge on any atom is 0.272 e. The van der Waals surface area contributed by atoms with Gasteiger partial charge in [0, 0.05) is 27.4 Å². The van der Waals surface area contributed by atoms with Gasteiger partial charge >= 0.3 is 0 Å². The largest absolute Gasteiger partial charge is 0.497 e. The molecule has 3 amide bonds. The van der Waals surface area contributed by atoms with E-state index in [1.807, 2.05) is 50.2 Å². The van der Waals surface area contributed by atoms with Crippen molar-refractivity contribution >= 4 is 46.9 Å². The van der Waals surface area contributed by atoms with Crippen molar-refractivity contribution in [1.82, 2.24) is 5.32 Å². The molecule has 0 aliphatic rings. The lowest BCUT2D eigenvalue weighted by atomic mass is 10.1. The van der Waals surface area contributed by atoms with Gasteiger partial charge in [-0.05, 0) is 86.7 Å². The summed E-state index contributed by atoms with van der Waals surface area (Å²) in [7, 11) is 3.06. The second kappa shape index (κ2) is 14.7. The fourth-order valence-corrected chi connectivity index (χ4v) is 4.87. The van der Waals surface area contributed by atoms with Gasteiger partial charge in [0.1, 0.15) is 17.2 Å². The first kappa shape index (κ1) is 30.9. The third-order valence-corrected chi connectivity index (χ3v) is 7.49. The fraction of sp³-hybridized carbons (Fsp3) is 0.147. The molecule has 0 aromatic heterocycles. The van der Waals surface area contributed by atoms with Gasteiger partial charge in [-0.1, -0.05) is 35.9 Å². The van der Waals surface area contributed by atoms with Crippen molar-refractivity contribution in [1.29, 1.82) is 0 Å². The highest BCUT2D eigenvalue weighted by atomic mass is 32.2. The minimum atomic E-state index is -0.527. The molecule has 0 fully saturated rings. The standard InChI is InChI=1S/C34H33N3O5S/c1-22-10-12-26(13-11-22)35-32(38)23(2)43-29-17-14-27(15-18-29)36-34(40)30(37-33(39)24-8-6-5-7-9-24)21-25-20-28(41-3)16-19-31(25)42-4/h5-21,23H,1-4H3,(H,35,38)(H,36,40)(H,37,39)/b30-21-. The summed E-state index contributed by atoms with van der Waals surface area (Å²) in [5.74, 6) is -0.00455. The molecular weight excluding hydrogens is 562 g/mol. The smallest absolute Gasteiger partial charge is 0.272 e. The summed E-state index contributed by atoms with van der Waals surface area (Å²) < 4.78 is 10.8. The molecule has 1 atom stereocenters. The van der Waals surface area contributed by atoms with E-state index in [2.05, 4.69) is 16.0 Å². The van der Waals surface area contributed by atoms with Crippen molar-refractivity contribution in [2.75, 3.05) is 24.9 Å². The van der Waals surface area contributed by atoms with E-state index in [-0.39, 0.29) is 16.9 Å². The molecule has 220 valence electrons. The molecule has 43 heavy (non-hydrogen) atoms. The minimum Gasteiger partial charge on any atom is -0.497 e. The van der Waals surface area contributed by atoms with Crippen molar-refractivity contribution < 1.29 is 23.9 Å². The molecule has 0 saturated carbocycles. The SMILES string of the molecule is COc1ccc(OC)c(/C=C(\NC(=O)c2ccccc2)C(=O)Nc2ccc(SC(C)C(=O)Nc3ccc(C)cc3)cc2)c1. The van der Waals surface area contributed by atoms with Crippen LogP contribution in [-0.4, -0.2) is 37.2 Å². The highest BCUT2D eigenvalue weighted by Crippen LogP contribution is 2.28. The number of anilines is 2. The highest BCUT2D eigenvalue weighted by molar-refractivity contribution is 8.00. The fourth-order valence-electron chi connectivity index (χ4n) is 4.00. The summed E-state index contributed by atoms with van der Waals surface area (Å²) >= 11 is 1.40. The Morgan fingerprint density at radius 1 is 0.791 bits per heavy atom. The maximum atomic E-state index is 13.5. The zero-order valence-electron chi connectivity index (χ0n) is 24.3. The summed E-state index contributed by atoms with van der Waals surface area (Å²) in [6, 6.07) is 28.6. The Bertz CT molecular complexity index is 1600. The number of methoxy groups -OCH3 is 2. The van der Waals surface area contributed by atoms with Crippen LogP contribution in [0.1, 0.15) is 28.4 Å². The minimum absolute atomic E-state index is 0.0141. The zero-order chi connectivity index (χ0) is 30.8. The quantitative estimate of drug-likeness (QED) is 0.134. The second-order valence-corrected chi connectivity index (χ2v) is 11.0. The van der Waals surface area contributed by atoms with Crippen LogP contribution in [0.25, 0.3) is 6.08 Å². The zero-order valence-corrected chi connectivity index (χ0v) is 25.2. The van der Waals surface area contributed by atoms with Gasteiger partial charge in [0.2, 0.25) is 5.91 Å². The summed E-state index contributed by atoms with van der Waals surface area (Å²) in [5.41, 5.74) is 3.35. The molecule has 8 nitrogen and oxygen atoms in total. The van der Waals surface area contributed by atoms with Gasteiger partial charge in [0.25, 0.3) is 11.8 Å². The molecule has 0 spiro atoms. The second-order valence-electron chi connectivity index (χ2n) is 9.58. The molecule has 3 N–H and O–H groups in total. The number of hydrogen-bond donors (Lipinski definition) is 3. The van der Waals surface area contributed by atoms with E-state index in [0.717, 1.165) is 16.1 Å². The number of benzene rings is 4. The van der Waals surface area contributed by atoms with Crippen LogP contribution in [0.5, 0.6) is 11.5 Å². The first-order valence-corrected chi connectivity index (χ1v) is 14.4. The molecule has 0 heterocycles. The maximum absolute atomic E-state index is 13.5. The van der Waals surface area contributed by atoms with Gasteiger partial charge in [-0.15, -0.1) is 11.8 Å². The average molecular weight is 596 g/mol. The average Bonchev–Trinajstić information content (AvgIpc) is 3.03. The Balaban J connectivity index is 1.49. The predicted molar refractivity (Wildman–Crippen MR) is 172 cm³/mol. The van der Waals surface area contributed by atoms with Gasteiger partial charge in [0.05, 0.1) is 19.5 Å². The molecular formula is C34H33N3O5S. The number of thioether (sulfide) groups is 1. The van der Waals surface area contributed by atoms with Crippen LogP contribution in [0, 0.1) is 6.92 Å². The van der Waals surface area contributed by atoms with Crippen molar-refractivity contribution in [2.24, 2.45) is 0 Å². The summed E-state index contributed by atoms with van der Waals surface area (Å²) in [6.45, 7) is 3.83. The van der Waals surface area contributed by atoms with E-state index >= 15 is 0 Å². The van der Waals surface area contributed by atoms with Gasteiger partial charge < -0.3 is 25.4 Å². The first-order chi connectivity index (χ1) is 20.7.